The molecule has 0 fully saturated rings. The highest BCUT2D eigenvalue weighted by Crippen LogP contribution is 2.36. The number of rotatable bonds is 5. The summed E-state index contributed by atoms with van der Waals surface area (Å²) < 4.78 is 11.5. The number of hydrogen-bond acceptors (Lipinski definition) is 6. The Balaban J connectivity index is 1.79. The van der Waals surface area contributed by atoms with Gasteiger partial charge in [-0.15, -0.1) is 5.10 Å². The maximum absolute atomic E-state index is 12.6. The molecule has 4 aromatic rings. The number of carbonyl (C=O) groups excluding carboxylic acids is 1. The van der Waals surface area contributed by atoms with E-state index in [-0.39, 0.29) is 17.8 Å². The second kappa shape index (κ2) is 6.91. The lowest BCUT2D eigenvalue weighted by atomic mass is 10.0. The smallest absolute Gasteiger partial charge is 0.294 e. The summed E-state index contributed by atoms with van der Waals surface area (Å²) in [7, 11) is 0. The van der Waals surface area contributed by atoms with Gasteiger partial charge in [0.05, 0.1) is 11.5 Å². The number of nitrogens with zero attached hydrogens (tertiary/aromatic N) is 3. The van der Waals surface area contributed by atoms with Gasteiger partial charge in [0.2, 0.25) is 5.76 Å². The number of ether oxygens (including phenoxy) is 1. The van der Waals surface area contributed by atoms with Gasteiger partial charge in [0.15, 0.2) is 0 Å². The fraction of sp³-hybridized carbons (Fsp3) is 0.158. The highest BCUT2D eigenvalue weighted by molar-refractivity contribution is 6.12. The van der Waals surface area contributed by atoms with E-state index in [1.54, 1.807) is 0 Å². The Bertz CT molecular complexity index is 1070. The van der Waals surface area contributed by atoms with Gasteiger partial charge in [-0.25, -0.2) is 0 Å². The molecule has 8 nitrogen and oxygen atoms in total. The van der Waals surface area contributed by atoms with Crippen LogP contribution in [0.4, 0.5) is 5.95 Å². The lowest BCUT2D eigenvalue weighted by Crippen LogP contribution is -2.12. The summed E-state index contributed by atoms with van der Waals surface area (Å²) in [6.45, 7) is 3.79. The summed E-state index contributed by atoms with van der Waals surface area (Å²) in [6, 6.07) is 15.7. The van der Waals surface area contributed by atoms with E-state index >= 15 is 0 Å². The molecule has 0 spiro atoms. The number of H-pyrrole nitrogens is 1. The van der Waals surface area contributed by atoms with Crippen LogP contribution >= 0.6 is 0 Å². The van der Waals surface area contributed by atoms with E-state index in [2.05, 4.69) is 25.9 Å². The molecule has 136 valence electrons. The summed E-state index contributed by atoms with van der Waals surface area (Å²) in [4.78, 5) is 12.6. The van der Waals surface area contributed by atoms with Crippen molar-refractivity contribution in [1.29, 1.82) is 0 Å². The Labute approximate surface area is 154 Å². The first-order valence-electron chi connectivity index (χ1n) is 8.45. The van der Waals surface area contributed by atoms with Gasteiger partial charge in [0.25, 0.3) is 17.8 Å². The summed E-state index contributed by atoms with van der Waals surface area (Å²) >= 11 is 0. The highest BCUT2D eigenvalue weighted by atomic mass is 16.6. The van der Waals surface area contributed by atoms with Gasteiger partial charge in [-0.05, 0) is 42.3 Å². The monoisotopic (exact) mass is 363 g/mol. The third kappa shape index (κ3) is 3.37. The largest absolute Gasteiger partial charge is 0.462 e. The summed E-state index contributed by atoms with van der Waals surface area (Å²) in [5.74, 6) is 0.0188. The molecule has 0 saturated heterocycles. The first-order chi connectivity index (χ1) is 13.1. The predicted molar refractivity (Wildman–Crippen MR) is 99.5 cm³/mol. The Morgan fingerprint density at radius 1 is 1.11 bits per heavy atom. The Morgan fingerprint density at radius 3 is 2.63 bits per heavy atom. The standard InChI is InChI=1S/C19H17N5O3/c1-11(2)26-18-15-10-13(12-6-4-3-5-7-12)8-9-14(15)16(27-18)17(25)20-19-21-23-24-22-19/h3-11H,1-2H3,(H2,20,21,22,23,24,25). The van der Waals surface area contributed by atoms with E-state index in [0.29, 0.717) is 11.3 Å². The van der Waals surface area contributed by atoms with Crippen molar-refractivity contribution in [3.05, 3.63) is 54.3 Å². The van der Waals surface area contributed by atoms with E-state index in [9.17, 15) is 4.79 Å². The molecular weight excluding hydrogens is 346 g/mol. The fourth-order valence-electron chi connectivity index (χ4n) is 2.77. The van der Waals surface area contributed by atoms with Crippen LogP contribution < -0.4 is 10.1 Å². The number of nitrogens with one attached hydrogen (secondary N) is 2. The molecule has 0 bridgehead atoms. The summed E-state index contributed by atoms with van der Waals surface area (Å²) in [5, 5.41) is 17.0. The van der Waals surface area contributed by atoms with Crippen molar-refractivity contribution in [3.63, 3.8) is 0 Å². The van der Waals surface area contributed by atoms with Crippen LogP contribution in [0.5, 0.6) is 5.95 Å². The van der Waals surface area contributed by atoms with E-state index in [0.717, 1.165) is 16.5 Å². The maximum atomic E-state index is 12.6. The van der Waals surface area contributed by atoms with Gasteiger partial charge in [0.1, 0.15) is 0 Å². The minimum absolute atomic E-state index is 0.0665. The van der Waals surface area contributed by atoms with E-state index in [1.807, 2.05) is 62.4 Å². The number of anilines is 1. The zero-order valence-electron chi connectivity index (χ0n) is 14.8. The van der Waals surface area contributed by atoms with Gasteiger partial charge < -0.3 is 9.15 Å². The van der Waals surface area contributed by atoms with Crippen molar-refractivity contribution >= 4 is 22.6 Å². The van der Waals surface area contributed by atoms with Crippen molar-refractivity contribution in [3.8, 4) is 17.1 Å². The second-order valence-electron chi connectivity index (χ2n) is 6.20. The average Bonchev–Trinajstić information content (AvgIpc) is 3.30. The van der Waals surface area contributed by atoms with E-state index in [1.165, 1.54) is 0 Å². The quantitative estimate of drug-likeness (QED) is 0.560. The number of fused-ring (bicyclic) bond motifs is 1. The molecule has 1 amide bonds. The van der Waals surface area contributed by atoms with Gasteiger partial charge in [-0.3, -0.25) is 10.1 Å². The molecule has 8 heteroatoms. The first-order valence-corrected chi connectivity index (χ1v) is 8.45. The van der Waals surface area contributed by atoms with Crippen molar-refractivity contribution < 1.29 is 13.9 Å². The summed E-state index contributed by atoms with van der Waals surface area (Å²) in [5.41, 5.74) is 2.07. The predicted octanol–water partition coefficient (Wildman–Crippen LogP) is 3.65. The number of aromatic nitrogens is 4. The van der Waals surface area contributed by atoms with Crippen molar-refractivity contribution in [2.45, 2.75) is 20.0 Å². The van der Waals surface area contributed by atoms with E-state index < -0.39 is 5.91 Å². The van der Waals surface area contributed by atoms with Crippen LogP contribution in [0.2, 0.25) is 0 Å². The third-order valence-electron chi connectivity index (χ3n) is 3.91. The Kier molecular flexibility index (Phi) is 4.29. The SMILES string of the molecule is CC(C)Oc1oc(C(=O)Nc2nn[nH]n2)c2ccc(-c3ccccc3)cc12. The second-order valence-corrected chi connectivity index (χ2v) is 6.20. The molecule has 2 aromatic carbocycles. The fourth-order valence-corrected chi connectivity index (χ4v) is 2.77. The molecule has 27 heavy (non-hydrogen) atoms. The minimum Gasteiger partial charge on any atom is -0.462 e. The zero-order valence-corrected chi connectivity index (χ0v) is 14.8. The molecular formula is C19H17N5O3. The number of benzene rings is 2. The van der Waals surface area contributed by atoms with Gasteiger partial charge >= 0.3 is 0 Å². The van der Waals surface area contributed by atoms with Gasteiger partial charge in [-0.2, -0.15) is 5.21 Å². The number of furan rings is 1. The Hall–Kier alpha value is -3.68. The van der Waals surface area contributed by atoms with Gasteiger partial charge in [-0.1, -0.05) is 41.5 Å². The molecule has 0 aliphatic rings. The maximum Gasteiger partial charge on any atom is 0.294 e. The van der Waals surface area contributed by atoms with Crippen LogP contribution in [0.3, 0.4) is 0 Å². The average molecular weight is 363 g/mol. The molecule has 0 aliphatic carbocycles. The van der Waals surface area contributed by atoms with Crippen molar-refractivity contribution in [2.24, 2.45) is 0 Å². The molecule has 4 rings (SSSR count). The zero-order chi connectivity index (χ0) is 18.8. The number of hydrogen-bond donors (Lipinski definition) is 2. The van der Waals surface area contributed by atoms with Gasteiger partial charge in [0, 0.05) is 5.39 Å². The molecule has 2 aromatic heterocycles. The van der Waals surface area contributed by atoms with Crippen LogP contribution in [0.15, 0.2) is 52.9 Å². The molecule has 2 heterocycles. The van der Waals surface area contributed by atoms with E-state index in [4.69, 9.17) is 9.15 Å². The van der Waals surface area contributed by atoms with Crippen LogP contribution in [0, 0.1) is 0 Å². The molecule has 0 saturated carbocycles. The van der Waals surface area contributed by atoms with Crippen LogP contribution in [0.1, 0.15) is 24.4 Å². The lowest BCUT2D eigenvalue weighted by Gasteiger charge is -2.07. The number of tetrazole rings is 1. The Morgan fingerprint density at radius 2 is 1.93 bits per heavy atom. The molecule has 0 aliphatic heterocycles. The summed E-state index contributed by atoms with van der Waals surface area (Å²) in [6.07, 6.45) is -0.104. The van der Waals surface area contributed by atoms with Crippen molar-refractivity contribution in [2.75, 3.05) is 5.32 Å². The number of carbonyl (C=O) groups is 1. The minimum atomic E-state index is -0.479. The number of aromatic amines is 1. The topological polar surface area (TPSA) is 106 Å². The van der Waals surface area contributed by atoms with Crippen LogP contribution in [-0.2, 0) is 0 Å². The lowest BCUT2D eigenvalue weighted by molar-refractivity contribution is 0.0983. The molecule has 0 radical (unpaired) electrons. The molecule has 2 N–H and O–H groups in total. The highest BCUT2D eigenvalue weighted by Gasteiger charge is 2.22. The van der Waals surface area contributed by atoms with Crippen molar-refractivity contribution in [1.82, 2.24) is 20.6 Å². The normalized spacial score (nSPS) is 11.1. The van der Waals surface area contributed by atoms with Crippen LogP contribution in [-0.4, -0.2) is 32.6 Å². The molecule has 0 unspecified atom stereocenters. The number of amides is 1. The first kappa shape index (κ1) is 16.8. The molecule has 0 atom stereocenters. The van der Waals surface area contributed by atoms with Crippen LogP contribution in [0.25, 0.3) is 21.9 Å². The third-order valence-corrected chi connectivity index (χ3v) is 3.91.